The van der Waals surface area contributed by atoms with Crippen molar-refractivity contribution in [1.29, 1.82) is 0 Å². The zero-order chi connectivity index (χ0) is 34.1. The van der Waals surface area contributed by atoms with E-state index >= 15 is 0 Å². The molecule has 240 valence electrons. The Morgan fingerprint density at radius 2 is 1.36 bits per heavy atom. The minimum absolute atomic E-state index is 0.194. The predicted molar refractivity (Wildman–Crippen MR) is 177 cm³/mol. The van der Waals surface area contributed by atoms with Gasteiger partial charge < -0.3 is 17.2 Å². The zero-order valence-electron chi connectivity index (χ0n) is 24.2. The number of benzene rings is 4. The fourth-order valence-electron chi connectivity index (χ4n) is 4.35. The second kappa shape index (κ2) is 12.5. The van der Waals surface area contributed by atoms with Crippen LogP contribution in [0.25, 0.3) is 6.08 Å². The van der Waals surface area contributed by atoms with Crippen LogP contribution in [-0.2, 0) is 20.2 Å². The van der Waals surface area contributed by atoms with Crippen LogP contribution in [0.15, 0.2) is 108 Å². The number of rotatable bonds is 8. The van der Waals surface area contributed by atoms with Gasteiger partial charge in [0.15, 0.2) is 5.71 Å². The Balaban J connectivity index is 1.53. The molecule has 47 heavy (non-hydrogen) atoms. The maximum atomic E-state index is 13.6. The second-order valence-corrected chi connectivity index (χ2v) is 12.8. The van der Waals surface area contributed by atoms with Crippen molar-refractivity contribution in [3.05, 3.63) is 94.4 Å². The number of para-hydroxylation sites is 1. The first-order valence-electron chi connectivity index (χ1n) is 13.3. The smallest absolute Gasteiger partial charge is 0.296 e. The summed E-state index contributed by atoms with van der Waals surface area (Å²) in [7, 11) is -10.1. The lowest BCUT2D eigenvalue weighted by molar-refractivity contribution is 0.106. The van der Waals surface area contributed by atoms with Gasteiger partial charge >= 0.3 is 0 Å². The standard InChI is InChI=1S/C29H25N9O7S2/c1-15-11-22(21(31)14-20(15)30)36-33-18-7-9-19(10-8-18)35-37-27-23(46(40,41)42)12-16-13-24(47(43,44)45)28(29(39)25(16)26(27)32)38-34-17-5-3-2-4-6-17/h2-14,34H,30-32H2,1H3,(H,40,41,42)(H,43,44,45)/b36-33?,37-35?,38-28-. The van der Waals surface area contributed by atoms with E-state index in [1.807, 2.05) is 0 Å². The summed E-state index contributed by atoms with van der Waals surface area (Å²) in [6, 6.07) is 18.3. The molecule has 0 atom stereocenters. The summed E-state index contributed by atoms with van der Waals surface area (Å²) in [6.07, 6.45) is 0.802. The van der Waals surface area contributed by atoms with Gasteiger partial charge in [0.05, 0.1) is 34.0 Å². The van der Waals surface area contributed by atoms with Gasteiger partial charge in [0.25, 0.3) is 20.2 Å². The van der Waals surface area contributed by atoms with Crippen LogP contribution in [0.1, 0.15) is 21.5 Å². The summed E-state index contributed by atoms with van der Waals surface area (Å²) >= 11 is 0. The molecule has 0 heterocycles. The molecule has 1 aliphatic carbocycles. The number of hydrogen-bond acceptors (Lipinski definition) is 14. The number of ketones is 1. The topological polar surface area (TPSA) is 278 Å². The SMILES string of the molecule is Cc1cc(N=Nc2ccc(N=Nc3c(S(=O)(=O)O)cc4c(c3N)C(=O)/C(=N\Nc3ccccc3)C(S(=O)(=O)O)=C4)cc2)c(N)cc1N. The summed E-state index contributed by atoms with van der Waals surface area (Å²) < 4.78 is 68.9. The number of nitrogens with zero attached hydrogens (tertiary/aromatic N) is 5. The Labute approximate surface area is 267 Å². The Morgan fingerprint density at radius 3 is 1.96 bits per heavy atom. The summed E-state index contributed by atoms with van der Waals surface area (Å²) in [5.74, 6) is -1.08. The molecule has 4 aromatic carbocycles. The van der Waals surface area contributed by atoms with E-state index in [0.29, 0.717) is 28.4 Å². The van der Waals surface area contributed by atoms with Crippen LogP contribution in [0.2, 0.25) is 0 Å². The fraction of sp³-hybridized carbons (Fsp3) is 0.0345. The van der Waals surface area contributed by atoms with E-state index in [4.69, 9.17) is 17.2 Å². The number of nitrogen functional groups attached to an aromatic ring is 3. The normalized spacial score (nSPS) is 14.5. The number of hydrogen-bond donors (Lipinski definition) is 6. The van der Waals surface area contributed by atoms with Gasteiger partial charge in [0.2, 0.25) is 5.78 Å². The summed E-state index contributed by atoms with van der Waals surface area (Å²) in [6.45, 7) is 1.80. The molecule has 1 aliphatic rings. The highest BCUT2D eigenvalue weighted by atomic mass is 32.2. The van der Waals surface area contributed by atoms with E-state index < -0.39 is 52.9 Å². The van der Waals surface area contributed by atoms with Crippen molar-refractivity contribution in [3.8, 4) is 0 Å². The molecule has 18 heteroatoms. The maximum Gasteiger partial charge on any atom is 0.296 e. The van der Waals surface area contributed by atoms with Crippen molar-refractivity contribution in [2.24, 2.45) is 25.6 Å². The third-order valence-corrected chi connectivity index (χ3v) is 8.46. The number of allylic oxidation sites excluding steroid dienone is 1. The fourth-order valence-corrected chi connectivity index (χ4v) is 5.68. The molecule has 5 rings (SSSR count). The molecule has 4 aromatic rings. The Bertz CT molecular complexity index is 2270. The third-order valence-electron chi connectivity index (χ3n) is 6.73. The molecule has 0 fully saturated rings. The van der Waals surface area contributed by atoms with E-state index in [2.05, 4.69) is 31.0 Å². The molecule has 0 saturated heterocycles. The molecule has 0 radical (unpaired) electrons. The lowest BCUT2D eigenvalue weighted by Crippen LogP contribution is -2.28. The molecule has 0 saturated carbocycles. The van der Waals surface area contributed by atoms with Gasteiger partial charge in [-0.15, -0.1) is 10.2 Å². The van der Waals surface area contributed by atoms with Crippen molar-refractivity contribution in [3.63, 3.8) is 0 Å². The van der Waals surface area contributed by atoms with Crippen LogP contribution in [0.5, 0.6) is 0 Å². The first-order chi connectivity index (χ1) is 22.1. The largest absolute Gasteiger partial charge is 0.398 e. The van der Waals surface area contributed by atoms with Gasteiger partial charge in [0.1, 0.15) is 21.2 Å². The molecule has 16 nitrogen and oxygen atoms in total. The number of nitrogens with one attached hydrogen (secondary N) is 1. The van der Waals surface area contributed by atoms with Gasteiger partial charge in [-0.1, -0.05) is 18.2 Å². The highest BCUT2D eigenvalue weighted by molar-refractivity contribution is 7.91. The van der Waals surface area contributed by atoms with E-state index in [0.717, 1.165) is 17.7 Å². The first-order valence-corrected chi connectivity index (χ1v) is 16.2. The monoisotopic (exact) mass is 675 g/mol. The Morgan fingerprint density at radius 1 is 0.745 bits per heavy atom. The van der Waals surface area contributed by atoms with E-state index in [1.54, 1.807) is 49.4 Å². The van der Waals surface area contributed by atoms with Crippen LogP contribution < -0.4 is 22.6 Å². The van der Waals surface area contributed by atoms with Crippen LogP contribution in [-0.4, -0.2) is 37.4 Å². The van der Waals surface area contributed by atoms with Crippen LogP contribution in [0, 0.1) is 6.92 Å². The lowest BCUT2D eigenvalue weighted by Gasteiger charge is -2.20. The molecule has 0 spiro atoms. The number of aryl methyl sites for hydroxylation is 1. The number of hydrazone groups is 1. The zero-order valence-corrected chi connectivity index (χ0v) is 25.9. The van der Waals surface area contributed by atoms with Crippen molar-refractivity contribution in [2.75, 3.05) is 22.6 Å². The van der Waals surface area contributed by atoms with Crippen LogP contribution in [0.3, 0.4) is 0 Å². The second-order valence-electron chi connectivity index (χ2n) is 10.0. The number of anilines is 4. The average Bonchev–Trinajstić information content (AvgIpc) is 3.01. The summed E-state index contributed by atoms with van der Waals surface area (Å²) in [5.41, 5.74) is 21.0. The average molecular weight is 676 g/mol. The number of Topliss-reactive ketones (excluding diaryl/α,β-unsaturated/α-hetero) is 1. The molecule has 0 amide bonds. The minimum atomic E-state index is -5.05. The van der Waals surface area contributed by atoms with Crippen molar-refractivity contribution >= 4 is 83.3 Å². The van der Waals surface area contributed by atoms with Crippen molar-refractivity contribution < 1.29 is 30.7 Å². The van der Waals surface area contributed by atoms with Crippen LogP contribution in [0.4, 0.5) is 45.5 Å². The van der Waals surface area contributed by atoms with E-state index in [-0.39, 0.29) is 16.8 Å². The van der Waals surface area contributed by atoms with Gasteiger partial charge in [0, 0.05) is 5.69 Å². The van der Waals surface area contributed by atoms with Crippen molar-refractivity contribution in [1.82, 2.24) is 0 Å². The number of nitrogens with two attached hydrogens (primary N) is 3. The summed E-state index contributed by atoms with van der Waals surface area (Å²) in [4.78, 5) is 11.8. The lowest BCUT2D eigenvalue weighted by atomic mass is 9.92. The molecule has 0 aromatic heterocycles. The highest BCUT2D eigenvalue weighted by Gasteiger charge is 2.37. The van der Waals surface area contributed by atoms with E-state index in [9.17, 15) is 30.7 Å². The van der Waals surface area contributed by atoms with Crippen molar-refractivity contribution in [2.45, 2.75) is 11.8 Å². The molecular formula is C29H25N9O7S2. The minimum Gasteiger partial charge on any atom is -0.398 e. The number of carbonyl (C=O) groups is 1. The molecule has 0 aliphatic heterocycles. The predicted octanol–water partition coefficient (Wildman–Crippen LogP) is 5.71. The van der Waals surface area contributed by atoms with Gasteiger partial charge in [-0.3, -0.25) is 19.3 Å². The number of fused-ring (bicyclic) bond motifs is 1. The van der Waals surface area contributed by atoms with Crippen LogP contribution >= 0.6 is 0 Å². The first kappa shape index (κ1) is 32.6. The van der Waals surface area contributed by atoms with Gasteiger partial charge in [-0.05, 0) is 78.7 Å². The molecule has 0 bridgehead atoms. The molecule has 9 N–H and O–H groups in total. The molecular weight excluding hydrogens is 651 g/mol. The van der Waals surface area contributed by atoms with Gasteiger partial charge in [-0.25, -0.2) is 0 Å². The third kappa shape index (κ3) is 7.05. The highest BCUT2D eigenvalue weighted by Crippen LogP contribution is 2.41. The Hall–Kier alpha value is -5.82. The Kier molecular flexibility index (Phi) is 8.68. The molecule has 0 unspecified atom stereocenters. The summed E-state index contributed by atoms with van der Waals surface area (Å²) in [5, 5.41) is 20.0. The van der Waals surface area contributed by atoms with E-state index in [1.165, 1.54) is 24.3 Å². The van der Waals surface area contributed by atoms with Gasteiger partial charge in [-0.2, -0.15) is 32.2 Å². The number of azo groups is 2. The quantitative estimate of drug-likeness (QED) is 0.0569. The number of carbonyl (C=O) groups excluding carboxylic acids is 1. The maximum absolute atomic E-state index is 13.6.